The molecular formula is C30H38N2O5. The molecule has 4 rings (SSSR count). The van der Waals surface area contributed by atoms with Crippen LogP contribution in [0, 0.1) is 25.7 Å². The minimum atomic E-state index is -0.171. The van der Waals surface area contributed by atoms with Crippen molar-refractivity contribution in [2.24, 2.45) is 11.8 Å². The Morgan fingerprint density at radius 2 is 1.54 bits per heavy atom. The monoisotopic (exact) mass is 506 g/mol. The van der Waals surface area contributed by atoms with Crippen molar-refractivity contribution in [1.29, 1.82) is 0 Å². The Balaban J connectivity index is 1.21. The third kappa shape index (κ3) is 6.90. The zero-order chi connectivity index (χ0) is 26.4. The maximum atomic E-state index is 12.7. The van der Waals surface area contributed by atoms with Crippen molar-refractivity contribution in [3.8, 4) is 5.75 Å². The number of hydrogen-bond donors (Lipinski definition) is 1. The molecule has 2 fully saturated rings. The topological polar surface area (TPSA) is 84.9 Å². The van der Waals surface area contributed by atoms with Gasteiger partial charge in [-0.2, -0.15) is 0 Å². The van der Waals surface area contributed by atoms with E-state index in [0.29, 0.717) is 44.7 Å². The quantitative estimate of drug-likeness (QED) is 0.534. The average molecular weight is 507 g/mol. The van der Waals surface area contributed by atoms with Crippen LogP contribution in [0.5, 0.6) is 5.75 Å². The van der Waals surface area contributed by atoms with Crippen LogP contribution in [0.1, 0.15) is 61.1 Å². The molecule has 1 aliphatic carbocycles. The molecule has 1 saturated heterocycles. The van der Waals surface area contributed by atoms with Crippen LogP contribution < -0.4 is 10.1 Å². The largest absolute Gasteiger partial charge is 0.483 e. The molecule has 1 N–H and O–H groups in total. The van der Waals surface area contributed by atoms with Crippen LogP contribution in [0.4, 0.5) is 5.69 Å². The van der Waals surface area contributed by atoms with Crippen LogP contribution >= 0.6 is 0 Å². The lowest BCUT2D eigenvalue weighted by molar-refractivity contribution is -0.147. The van der Waals surface area contributed by atoms with Gasteiger partial charge in [0.1, 0.15) is 5.75 Å². The Hall–Kier alpha value is -3.35. The van der Waals surface area contributed by atoms with E-state index in [4.69, 9.17) is 9.47 Å². The molecule has 198 valence electrons. The average Bonchev–Trinajstić information content (AvgIpc) is 2.93. The number of nitrogens with one attached hydrogen (secondary N) is 1. The fourth-order valence-electron chi connectivity index (χ4n) is 5.40. The second-order valence-electron chi connectivity index (χ2n) is 10.4. The molecule has 0 unspecified atom stereocenters. The molecule has 0 spiro atoms. The van der Waals surface area contributed by atoms with Crippen molar-refractivity contribution < 1.29 is 23.9 Å². The summed E-state index contributed by atoms with van der Waals surface area (Å²) in [5, 5.41) is 3.03. The van der Waals surface area contributed by atoms with Gasteiger partial charge in [-0.3, -0.25) is 14.4 Å². The first kappa shape index (κ1) is 26.7. The molecule has 2 aromatic rings. The van der Waals surface area contributed by atoms with E-state index in [-0.39, 0.29) is 36.2 Å². The van der Waals surface area contributed by atoms with Gasteiger partial charge >= 0.3 is 5.97 Å². The summed E-state index contributed by atoms with van der Waals surface area (Å²) in [5.41, 5.74) is 4.17. The van der Waals surface area contributed by atoms with Crippen molar-refractivity contribution in [1.82, 2.24) is 4.90 Å². The maximum Gasteiger partial charge on any atom is 0.308 e. The molecule has 2 aromatic carbocycles. The minimum Gasteiger partial charge on any atom is -0.483 e. The highest BCUT2D eigenvalue weighted by atomic mass is 16.5. The Kier molecular flexibility index (Phi) is 8.85. The molecule has 1 aliphatic heterocycles. The Bertz CT molecular complexity index is 1100. The summed E-state index contributed by atoms with van der Waals surface area (Å²) in [5.74, 6) is 0.882. The predicted octanol–water partition coefficient (Wildman–Crippen LogP) is 5.01. The zero-order valence-electron chi connectivity index (χ0n) is 22.1. The Morgan fingerprint density at radius 3 is 2.19 bits per heavy atom. The summed E-state index contributed by atoms with van der Waals surface area (Å²) >= 11 is 0. The smallest absolute Gasteiger partial charge is 0.308 e. The van der Waals surface area contributed by atoms with Crippen molar-refractivity contribution in [2.45, 2.75) is 58.3 Å². The molecule has 1 saturated carbocycles. The van der Waals surface area contributed by atoms with Gasteiger partial charge in [0.25, 0.3) is 5.91 Å². The third-order valence-corrected chi connectivity index (χ3v) is 7.82. The number of likely N-dealkylation sites (tertiary alicyclic amines) is 1. The van der Waals surface area contributed by atoms with Gasteiger partial charge in [0, 0.05) is 24.7 Å². The fourth-order valence-corrected chi connectivity index (χ4v) is 5.40. The van der Waals surface area contributed by atoms with Gasteiger partial charge in [0.05, 0.1) is 13.0 Å². The first-order valence-electron chi connectivity index (χ1n) is 13.3. The van der Waals surface area contributed by atoms with Gasteiger partial charge in [-0.15, -0.1) is 0 Å². The van der Waals surface area contributed by atoms with Crippen molar-refractivity contribution in [3.63, 3.8) is 0 Å². The van der Waals surface area contributed by atoms with Gasteiger partial charge in [-0.25, -0.2) is 0 Å². The van der Waals surface area contributed by atoms with E-state index in [1.165, 1.54) is 12.7 Å². The summed E-state index contributed by atoms with van der Waals surface area (Å²) < 4.78 is 10.6. The van der Waals surface area contributed by atoms with E-state index in [0.717, 1.165) is 35.4 Å². The predicted molar refractivity (Wildman–Crippen MR) is 143 cm³/mol. The van der Waals surface area contributed by atoms with Gasteiger partial charge < -0.3 is 19.7 Å². The Morgan fingerprint density at radius 1 is 0.892 bits per heavy atom. The van der Waals surface area contributed by atoms with Gasteiger partial charge in [0.2, 0.25) is 5.91 Å². The number of methoxy groups -OCH3 is 1. The van der Waals surface area contributed by atoms with Crippen LogP contribution in [-0.2, 0) is 19.1 Å². The highest BCUT2D eigenvalue weighted by Gasteiger charge is 2.30. The standard InChI is InChI=1S/C30H38N2O5/c1-20-4-5-21(2)27(18-20)37-19-28(33)32-16-14-23(15-17-32)22-10-12-26(13-11-22)31-29(34)24-6-8-25(9-7-24)30(35)36-3/h4-5,10-13,18,23-25H,6-9,14-17,19H2,1-3H3,(H,31,34). The number of hydrogen-bond acceptors (Lipinski definition) is 5. The maximum absolute atomic E-state index is 12.7. The highest BCUT2D eigenvalue weighted by Crippen LogP contribution is 2.32. The second kappa shape index (κ2) is 12.3. The molecule has 7 heteroatoms. The second-order valence-corrected chi connectivity index (χ2v) is 10.4. The molecular weight excluding hydrogens is 468 g/mol. The summed E-state index contributed by atoms with van der Waals surface area (Å²) in [4.78, 5) is 39.0. The highest BCUT2D eigenvalue weighted by molar-refractivity contribution is 5.92. The van der Waals surface area contributed by atoms with E-state index in [1.807, 2.05) is 49.1 Å². The number of anilines is 1. The number of esters is 1. The molecule has 2 aliphatic rings. The lowest BCUT2D eigenvalue weighted by Gasteiger charge is -2.32. The van der Waals surface area contributed by atoms with Gasteiger partial charge in [-0.1, -0.05) is 24.3 Å². The number of piperidine rings is 1. The van der Waals surface area contributed by atoms with E-state index in [2.05, 4.69) is 17.4 Å². The van der Waals surface area contributed by atoms with Crippen molar-refractivity contribution in [3.05, 3.63) is 59.2 Å². The SMILES string of the molecule is COC(=O)C1CCC(C(=O)Nc2ccc(C3CCN(C(=O)COc4cc(C)ccc4C)CC3)cc2)CC1. The Labute approximate surface area is 219 Å². The number of ether oxygens (including phenoxy) is 2. The normalized spacial score (nSPS) is 20.2. The fraction of sp³-hybridized carbons (Fsp3) is 0.500. The van der Waals surface area contributed by atoms with Crippen LogP contribution in [0.25, 0.3) is 0 Å². The van der Waals surface area contributed by atoms with E-state index in [1.54, 1.807) is 0 Å². The summed E-state index contributed by atoms with van der Waals surface area (Å²) in [6.07, 6.45) is 4.62. The third-order valence-electron chi connectivity index (χ3n) is 7.82. The van der Waals surface area contributed by atoms with Crippen LogP contribution in [0.2, 0.25) is 0 Å². The van der Waals surface area contributed by atoms with Gasteiger partial charge in [0.15, 0.2) is 6.61 Å². The molecule has 37 heavy (non-hydrogen) atoms. The summed E-state index contributed by atoms with van der Waals surface area (Å²) in [6, 6.07) is 14.1. The zero-order valence-corrected chi connectivity index (χ0v) is 22.1. The summed E-state index contributed by atoms with van der Waals surface area (Å²) in [6.45, 7) is 5.49. The molecule has 1 heterocycles. The number of benzene rings is 2. The van der Waals surface area contributed by atoms with Crippen LogP contribution in [0.3, 0.4) is 0 Å². The molecule has 2 amide bonds. The lowest BCUT2D eigenvalue weighted by atomic mass is 9.81. The lowest BCUT2D eigenvalue weighted by Crippen LogP contribution is -2.40. The number of carbonyl (C=O) groups is 3. The van der Waals surface area contributed by atoms with Crippen molar-refractivity contribution >= 4 is 23.5 Å². The summed E-state index contributed by atoms with van der Waals surface area (Å²) in [7, 11) is 1.41. The number of aryl methyl sites for hydroxylation is 2. The molecule has 0 atom stereocenters. The van der Waals surface area contributed by atoms with E-state index in [9.17, 15) is 14.4 Å². The van der Waals surface area contributed by atoms with E-state index >= 15 is 0 Å². The van der Waals surface area contributed by atoms with Crippen LogP contribution in [-0.4, -0.2) is 49.5 Å². The number of rotatable bonds is 7. The molecule has 7 nitrogen and oxygen atoms in total. The minimum absolute atomic E-state index is 0.0194. The number of nitrogens with zero attached hydrogens (tertiary/aromatic N) is 1. The molecule has 0 radical (unpaired) electrons. The first-order valence-corrected chi connectivity index (χ1v) is 13.3. The number of carbonyl (C=O) groups excluding carboxylic acids is 3. The first-order chi connectivity index (χ1) is 17.8. The van der Waals surface area contributed by atoms with Crippen LogP contribution in [0.15, 0.2) is 42.5 Å². The van der Waals surface area contributed by atoms with E-state index < -0.39 is 0 Å². The molecule has 0 aromatic heterocycles. The molecule has 0 bridgehead atoms. The van der Waals surface area contributed by atoms with Crippen molar-refractivity contribution in [2.75, 3.05) is 32.1 Å². The van der Waals surface area contributed by atoms with Gasteiger partial charge in [-0.05, 0) is 93.2 Å². The number of amides is 2.